The standard InChI is InChI=1S/C15H12BrFN2O/c16-11-6-9(1-3-12(11)17)15(18)8-2-4-13-10(5-8)7-14(20)19-13/h1-6,15H,7,18H2,(H,19,20). The fourth-order valence-electron chi connectivity index (χ4n) is 2.34. The molecule has 0 bridgehead atoms. The predicted octanol–water partition coefficient (Wildman–Crippen LogP) is 3.13. The fourth-order valence-corrected chi connectivity index (χ4v) is 2.74. The van der Waals surface area contributed by atoms with Crippen molar-refractivity contribution >= 4 is 27.5 Å². The average molecular weight is 335 g/mol. The summed E-state index contributed by atoms with van der Waals surface area (Å²) in [5.74, 6) is -0.319. The van der Waals surface area contributed by atoms with Gasteiger partial charge in [0.05, 0.1) is 16.9 Å². The van der Waals surface area contributed by atoms with Gasteiger partial charge in [-0.1, -0.05) is 18.2 Å². The van der Waals surface area contributed by atoms with E-state index in [1.54, 1.807) is 12.1 Å². The monoisotopic (exact) mass is 334 g/mol. The molecule has 1 amide bonds. The van der Waals surface area contributed by atoms with Gasteiger partial charge in [-0.25, -0.2) is 4.39 Å². The van der Waals surface area contributed by atoms with E-state index in [9.17, 15) is 9.18 Å². The molecule has 20 heavy (non-hydrogen) atoms. The maximum Gasteiger partial charge on any atom is 0.228 e. The third-order valence-corrected chi connectivity index (χ3v) is 4.02. The van der Waals surface area contributed by atoms with Crippen LogP contribution in [0, 0.1) is 5.82 Å². The van der Waals surface area contributed by atoms with E-state index in [1.165, 1.54) is 6.07 Å². The maximum absolute atomic E-state index is 13.3. The van der Waals surface area contributed by atoms with Gasteiger partial charge in [0.25, 0.3) is 0 Å². The quantitative estimate of drug-likeness (QED) is 0.886. The van der Waals surface area contributed by atoms with E-state index in [-0.39, 0.29) is 17.8 Å². The molecule has 1 aliphatic heterocycles. The van der Waals surface area contributed by atoms with Crippen molar-refractivity contribution in [2.75, 3.05) is 5.32 Å². The van der Waals surface area contributed by atoms with Gasteiger partial charge in [0.1, 0.15) is 5.82 Å². The topological polar surface area (TPSA) is 55.1 Å². The molecule has 0 aromatic heterocycles. The van der Waals surface area contributed by atoms with E-state index in [2.05, 4.69) is 21.2 Å². The van der Waals surface area contributed by atoms with Crippen LogP contribution < -0.4 is 11.1 Å². The molecule has 3 N–H and O–H groups in total. The number of benzene rings is 2. The molecule has 1 atom stereocenters. The Bertz CT molecular complexity index is 702. The van der Waals surface area contributed by atoms with Crippen molar-refractivity contribution < 1.29 is 9.18 Å². The van der Waals surface area contributed by atoms with Crippen molar-refractivity contribution in [2.45, 2.75) is 12.5 Å². The van der Waals surface area contributed by atoms with Crippen molar-refractivity contribution in [3.05, 3.63) is 63.4 Å². The molecule has 0 saturated heterocycles. The molecular weight excluding hydrogens is 323 g/mol. The number of amides is 1. The first-order chi connectivity index (χ1) is 9.54. The third kappa shape index (κ3) is 2.34. The molecule has 0 radical (unpaired) electrons. The first-order valence-corrected chi connectivity index (χ1v) is 6.97. The van der Waals surface area contributed by atoms with Crippen LogP contribution in [0.1, 0.15) is 22.7 Å². The van der Waals surface area contributed by atoms with Gasteiger partial charge in [-0.2, -0.15) is 0 Å². The van der Waals surface area contributed by atoms with E-state index in [4.69, 9.17) is 5.73 Å². The highest BCUT2D eigenvalue weighted by Gasteiger charge is 2.19. The first kappa shape index (κ1) is 13.3. The molecule has 3 nitrogen and oxygen atoms in total. The fraction of sp³-hybridized carbons (Fsp3) is 0.133. The van der Waals surface area contributed by atoms with Crippen molar-refractivity contribution in [3.8, 4) is 0 Å². The minimum Gasteiger partial charge on any atom is -0.326 e. The zero-order valence-corrected chi connectivity index (χ0v) is 12.1. The second kappa shape index (κ2) is 5.00. The number of carbonyl (C=O) groups excluding carboxylic acids is 1. The lowest BCUT2D eigenvalue weighted by molar-refractivity contribution is -0.115. The van der Waals surface area contributed by atoms with Gasteiger partial charge in [0.15, 0.2) is 0 Å². The van der Waals surface area contributed by atoms with Gasteiger partial charge in [-0.3, -0.25) is 4.79 Å². The van der Waals surface area contributed by atoms with Gasteiger partial charge in [0, 0.05) is 5.69 Å². The summed E-state index contributed by atoms with van der Waals surface area (Å²) in [4.78, 5) is 11.3. The number of hydrogen-bond donors (Lipinski definition) is 2. The van der Waals surface area contributed by atoms with Gasteiger partial charge in [-0.15, -0.1) is 0 Å². The summed E-state index contributed by atoms with van der Waals surface area (Å²) in [6.45, 7) is 0. The molecule has 0 aliphatic carbocycles. The minimum absolute atomic E-state index is 0.00440. The van der Waals surface area contributed by atoms with Crippen molar-refractivity contribution in [1.29, 1.82) is 0 Å². The van der Waals surface area contributed by atoms with Crippen molar-refractivity contribution in [1.82, 2.24) is 0 Å². The molecule has 1 aliphatic rings. The number of nitrogens with one attached hydrogen (secondary N) is 1. The van der Waals surface area contributed by atoms with Crippen LogP contribution in [0.2, 0.25) is 0 Å². The smallest absolute Gasteiger partial charge is 0.228 e. The van der Waals surface area contributed by atoms with Crippen LogP contribution in [-0.2, 0) is 11.2 Å². The molecular formula is C15H12BrFN2O. The zero-order valence-electron chi connectivity index (χ0n) is 10.5. The number of nitrogens with two attached hydrogens (primary N) is 1. The van der Waals surface area contributed by atoms with Crippen LogP contribution in [0.3, 0.4) is 0 Å². The molecule has 2 aromatic carbocycles. The van der Waals surface area contributed by atoms with Crippen LogP contribution in [0.4, 0.5) is 10.1 Å². The lowest BCUT2D eigenvalue weighted by Crippen LogP contribution is -2.12. The van der Waals surface area contributed by atoms with E-state index < -0.39 is 0 Å². The highest BCUT2D eigenvalue weighted by Crippen LogP contribution is 2.29. The van der Waals surface area contributed by atoms with Crippen LogP contribution >= 0.6 is 15.9 Å². The number of fused-ring (bicyclic) bond motifs is 1. The Morgan fingerprint density at radius 1 is 1.20 bits per heavy atom. The summed E-state index contributed by atoms with van der Waals surface area (Å²) >= 11 is 3.16. The Hall–Kier alpha value is -1.72. The maximum atomic E-state index is 13.3. The predicted molar refractivity (Wildman–Crippen MR) is 78.9 cm³/mol. The minimum atomic E-state index is -0.354. The molecule has 102 valence electrons. The van der Waals surface area contributed by atoms with Gasteiger partial charge in [0.2, 0.25) is 5.91 Å². The van der Waals surface area contributed by atoms with Gasteiger partial charge < -0.3 is 11.1 Å². The molecule has 2 aromatic rings. The summed E-state index contributed by atoms with van der Waals surface area (Å²) in [5.41, 5.74) is 9.72. The number of rotatable bonds is 2. The molecule has 1 unspecified atom stereocenters. The summed E-state index contributed by atoms with van der Waals surface area (Å²) < 4.78 is 13.6. The molecule has 0 saturated carbocycles. The Labute approximate surface area is 124 Å². The lowest BCUT2D eigenvalue weighted by atomic mass is 9.97. The highest BCUT2D eigenvalue weighted by atomic mass is 79.9. The van der Waals surface area contributed by atoms with Crippen molar-refractivity contribution in [2.24, 2.45) is 5.73 Å². The van der Waals surface area contributed by atoms with Gasteiger partial charge >= 0.3 is 0 Å². The average Bonchev–Trinajstić information content (AvgIpc) is 2.80. The van der Waals surface area contributed by atoms with E-state index in [1.807, 2.05) is 18.2 Å². The summed E-state index contributed by atoms with van der Waals surface area (Å²) in [6, 6.07) is 10.0. The lowest BCUT2D eigenvalue weighted by Gasteiger charge is -2.14. The SMILES string of the molecule is NC(c1ccc(F)c(Br)c1)c1ccc2c(c1)CC(=O)N2. The van der Waals surface area contributed by atoms with Crippen molar-refractivity contribution in [3.63, 3.8) is 0 Å². The molecule has 1 heterocycles. The van der Waals surface area contributed by atoms with Crippen LogP contribution in [0.25, 0.3) is 0 Å². The summed E-state index contributed by atoms with van der Waals surface area (Å²) in [7, 11) is 0. The summed E-state index contributed by atoms with van der Waals surface area (Å²) in [5, 5.41) is 2.78. The second-order valence-electron chi connectivity index (χ2n) is 4.79. The number of anilines is 1. The zero-order chi connectivity index (χ0) is 14.3. The number of halogens is 2. The van der Waals surface area contributed by atoms with E-state index >= 15 is 0 Å². The molecule has 3 rings (SSSR count). The Balaban J connectivity index is 1.94. The largest absolute Gasteiger partial charge is 0.326 e. The third-order valence-electron chi connectivity index (χ3n) is 3.42. The van der Waals surface area contributed by atoms with E-state index in [0.29, 0.717) is 10.9 Å². The molecule has 0 fully saturated rings. The Morgan fingerprint density at radius 2 is 1.90 bits per heavy atom. The van der Waals surface area contributed by atoms with Crippen LogP contribution in [0.15, 0.2) is 40.9 Å². The van der Waals surface area contributed by atoms with Crippen LogP contribution in [0.5, 0.6) is 0 Å². The van der Waals surface area contributed by atoms with E-state index in [0.717, 1.165) is 22.4 Å². The second-order valence-corrected chi connectivity index (χ2v) is 5.65. The Morgan fingerprint density at radius 3 is 2.65 bits per heavy atom. The molecule has 0 spiro atoms. The normalized spacial score (nSPS) is 14.8. The highest BCUT2D eigenvalue weighted by molar-refractivity contribution is 9.10. The Kier molecular flexibility index (Phi) is 3.31. The molecule has 5 heteroatoms. The number of hydrogen-bond acceptors (Lipinski definition) is 2. The van der Waals surface area contributed by atoms with Crippen LogP contribution in [-0.4, -0.2) is 5.91 Å². The first-order valence-electron chi connectivity index (χ1n) is 6.18. The summed E-state index contributed by atoms with van der Waals surface area (Å²) in [6.07, 6.45) is 0.378. The van der Waals surface area contributed by atoms with Gasteiger partial charge in [-0.05, 0) is 50.8 Å². The number of carbonyl (C=O) groups is 1.